The average Bonchev–Trinajstić information content (AvgIpc) is 2.74. The molecule has 1 aromatic carbocycles. The fourth-order valence-corrected chi connectivity index (χ4v) is 2.75. The molecule has 1 aromatic heterocycles. The van der Waals surface area contributed by atoms with Crippen LogP contribution in [0.5, 0.6) is 11.5 Å². The van der Waals surface area contributed by atoms with Crippen molar-refractivity contribution in [3.63, 3.8) is 0 Å². The third kappa shape index (κ3) is 4.86. The van der Waals surface area contributed by atoms with E-state index in [1.54, 1.807) is 10.6 Å². The third-order valence-corrected chi connectivity index (χ3v) is 4.49. The lowest BCUT2D eigenvalue weighted by molar-refractivity contribution is 0.297. The number of benzene rings is 1. The SMILES string of the molecule is Cn1c(CN=C(N)Nc2ccc3c(c2)OCCCO3)cc(Cl)c1Cl.I. The molecule has 0 aliphatic carbocycles. The molecule has 0 amide bonds. The van der Waals surface area contributed by atoms with Crippen molar-refractivity contribution >= 4 is 58.8 Å². The molecular weight excluding hydrogens is 478 g/mol. The van der Waals surface area contributed by atoms with Gasteiger partial charge in [0, 0.05) is 30.9 Å². The molecule has 0 saturated carbocycles. The molecule has 136 valence electrons. The van der Waals surface area contributed by atoms with E-state index in [0.29, 0.717) is 35.7 Å². The van der Waals surface area contributed by atoms with E-state index in [2.05, 4.69) is 10.3 Å². The zero-order valence-corrected chi connectivity index (χ0v) is 17.4. The monoisotopic (exact) mass is 496 g/mol. The molecule has 0 unspecified atom stereocenters. The van der Waals surface area contributed by atoms with Crippen molar-refractivity contribution in [3.8, 4) is 11.5 Å². The van der Waals surface area contributed by atoms with Crippen LogP contribution < -0.4 is 20.5 Å². The van der Waals surface area contributed by atoms with Crippen LogP contribution in [0.4, 0.5) is 5.69 Å². The van der Waals surface area contributed by atoms with Crippen LogP contribution in [0.2, 0.25) is 10.2 Å². The van der Waals surface area contributed by atoms with E-state index in [-0.39, 0.29) is 29.9 Å². The van der Waals surface area contributed by atoms with Gasteiger partial charge in [-0.1, -0.05) is 23.2 Å². The summed E-state index contributed by atoms with van der Waals surface area (Å²) in [5.74, 6) is 1.73. The maximum Gasteiger partial charge on any atom is 0.193 e. The molecule has 9 heteroatoms. The Morgan fingerprint density at radius 1 is 1.24 bits per heavy atom. The molecule has 3 N–H and O–H groups in total. The summed E-state index contributed by atoms with van der Waals surface area (Å²) in [6.45, 7) is 1.66. The second kappa shape index (κ2) is 8.86. The molecule has 1 aliphatic rings. The molecule has 1 aliphatic heterocycles. The molecule has 0 spiro atoms. The summed E-state index contributed by atoms with van der Waals surface area (Å²) >= 11 is 12.0. The van der Waals surface area contributed by atoms with Crippen LogP contribution in [-0.2, 0) is 13.6 Å². The molecule has 6 nitrogen and oxygen atoms in total. The molecule has 2 heterocycles. The first kappa shape index (κ1) is 20.0. The Morgan fingerprint density at radius 3 is 2.64 bits per heavy atom. The van der Waals surface area contributed by atoms with Crippen molar-refractivity contribution in [2.24, 2.45) is 17.8 Å². The number of guanidine groups is 1. The maximum atomic E-state index is 6.03. The van der Waals surface area contributed by atoms with Crippen LogP contribution in [-0.4, -0.2) is 23.7 Å². The minimum atomic E-state index is 0. The lowest BCUT2D eigenvalue weighted by atomic mass is 10.3. The number of nitrogens with zero attached hydrogens (tertiary/aromatic N) is 2. The summed E-state index contributed by atoms with van der Waals surface area (Å²) < 4.78 is 13.0. The van der Waals surface area contributed by atoms with Gasteiger partial charge in [0.15, 0.2) is 17.5 Å². The van der Waals surface area contributed by atoms with Gasteiger partial charge in [-0.05, 0) is 18.2 Å². The molecule has 25 heavy (non-hydrogen) atoms. The zero-order valence-electron chi connectivity index (χ0n) is 13.6. The molecule has 0 saturated heterocycles. The first-order valence-electron chi connectivity index (χ1n) is 7.51. The predicted octanol–water partition coefficient (Wildman–Crippen LogP) is 4.04. The van der Waals surface area contributed by atoms with Crippen molar-refractivity contribution in [3.05, 3.63) is 40.1 Å². The fourth-order valence-electron chi connectivity index (χ4n) is 2.34. The van der Waals surface area contributed by atoms with Crippen molar-refractivity contribution < 1.29 is 9.47 Å². The Bertz CT molecular complexity index is 780. The Kier molecular flexibility index (Phi) is 7.09. The van der Waals surface area contributed by atoms with Crippen molar-refractivity contribution in [2.75, 3.05) is 18.5 Å². The van der Waals surface area contributed by atoms with E-state index in [9.17, 15) is 0 Å². The number of aromatic nitrogens is 1. The molecule has 3 rings (SSSR count). The van der Waals surface area contributed by atoms with Gasteiger partial charge in [-0.2, -0.15) is 0 Å². The normalized spacial score (nSPS) is 13.8. The zero-order chi connectivity index (χ0) is 17.1. The van der Waals surface area contributed by atoms with E-state index in [1.165, 1.54) is 0 Å². The van der Waals surface area contributed by atoms with Crippen LogP contribution in [0, 0.1) is 0 Å². The number of nitrogens with two attached hydrogens (primary N) is 1. The number of fused-ring (bicyclic) bond motifs is 1. The van der Waals surface area contributed by atoms with Crippen LogP contribution in [0.3, 0.4) is 0 Å². The molecular formula is C16H19Cl2IN4O2. The van der Waals surface area contributed by atoms with Crippen LogP contribution >= 0.6 is 47.2 Å². The standard InChI is InChI=1S/C16H18Cl2N4O2.HI/c1-22-11(8-12(17)15(22)18)9-20-16(19)21-10-3-4-13-14(7-10)24-6-2-5-23-13;/h3-4,7-8H,2,5-6,9H2,1H3,(H3,19,20,21);1H. The van der Waals surface area contributed by atoms with Crippen LogP contribution in [0.15, 0.2) is 29.3 Å². The third-order valence-electron chi connectivity index (χ3n) is 3.65. The first-order valence-corrected chi connectivity index (χ1v) is 8.26. The van der Waals surface area contributed by atoms with Gasteiger partial charge >= 0.3 is 0 Å². The summed E-state index contributed by atoms with van der Waals surface area (Å²) in [7, 11) is 1.83. The lowest BCUT2D eigenvalue weighted by Crippen LogP contribution is -2.22. The van der Waals surface area contributed by atoms with Gasteiger partial charge < -0.3 is 25.1 Å². The van der Waals surface area contributed by atoms with Gasteiger partial charge in [0.2, 0.25) is 0 Å². The molecule has 0 atom stereocenters. The number of hydrogen-bond acceptors (Lipinski definition) is 3. The lowest BCUT2D eigenvalue weighted by Gasteiger charge is -2.11. The van der Waals surface area contributed by atoms with Gasteiger partial charge in [-0.25, -0.2) is 4.99 Å². The van der Waals surface area contributed by atoms with E-state index < -0.39 is 0 Å². The first-order chi connectivity index (χ1) is 11.5. The number of nitrogens with one attached hydrogen (secondary N) is 1. The Morgan fingerprint density at radius 2 is 1.96 bits per heavy atom. The van der Waals surface area contributed by atoms with Gasteiger partial charge in [0.05, 0.1) is 24.8 Å². The summed E-state index contributed by atoms with van der Waals surface area (Å²) in [5.41, 5.74) is 7.60. The van der Waals surface area contributed by atoms with Crippen molar-refractivity contribution in [1.82, 2.24) is 4.57 Å². The summed E-state index contributed by atoms with van der Waals surface area (Å²) in [6.07, 6.45) is 0.864. The summed E-state index contributed by atoms with van der Waals surface area (Å²) in [6, 6.07) is 7.34. The van der Waals surface area contributed by atoms with E-state index in [0.717, 1.165) is 23.6 Å². The number of aliphatic imine (C=N–C) groups is 1. The van der Waals surface area contributed by atoms with Crippen LogP contribution in [0.25, 0.3) is 0 Å². The van der Waals surface area contributed by atoms with E-state index in [4.69, 9.17) is 38.4 Å². The molecule has 0 bridgehead atoms. The number of rotatable bonds is 3. The van der Waals surface area contributed by atoms with Gasteiger partial charge in [-0.3, -0.25) is 0 Å². The Hall–Kier alpha value is -1.32. The molecule has 0 fully saturated rings. The van der Waals surface area contributed by atoms with E-state index in [1.807, 2.05) is 25.2 Å². The maximum absolute atomic E-state index is 6.03. The number of hydrogen-bond donors (Lipinski definition) is 2. The topological polar surface area (TPSA) is 73.8 Å². The highest BCUT2D eigenvalue weighted by molar-refractivity contribution is 14.0. The minimum absolute atomic E-state index is 0. The number of anilines is 1. The second-order valence-corrected chi connectivity index (χ2v) is 6.14. The minimum Gasteiger partial charge on any atom is -0.490 e. The number of ether oxygens (including phenoxy) is 2. The highest BCUT2D eigenvalue weighted by Gasteiger charge is 2.11. The fraction of sp³-hybridized carbons (Fsp3) is 0.312. The Balaban J connectivity index is 0.00000225. The highest BCUT2D eigenvalue weighted by atomic mass is 127. The van der Waals surface area contributed by atoms with Crippen molar-refractivity contribution in [1.29, 1.82) is 0 Å². The van der Waals surface area contributed by atoms with Gasteiger partial charge in [-0.15, -0.1) is 24.0 Å². The second-order valence-electron chi connectivity index (χ2n) is 5.37. The average molecular weight is 497 g/mol. The predicted molar refractivity (Wildman–Crippen MR) is 112 cm³/mol. The summed E-state index contributed by atoms with van der Waals surface area (Å²) in [5, 5.41) is 4.02. The van der Waals surface area contributed by atoms with E-state index >= 15 is 0 Å². The number of halogens is 3. The van der Waals surface area contributed by atoms with Crippen LogP contribution in [0.1, 0.15) is 12.1 Å². The van der Waals surface area contributed by atoms with Crippen molar-refractivity contribution in [2.45, 2.75) is 13.0 Å². The van der Waals surface area contributed by atoms with Gasteiger partial charge in [0.25, 0.3) is 0 Å². The van der Waals surface area contributed by atoms with Gasteiger partial charge in [0.1, 0.15) is 5.15 Å². The largest absolute Gasteiger partial charge is 0.490 e. The molecule has 2 aromatic rings. The Labute approximate surface area is 173 Å². The smallest absolute Gasteiger partial charge is 0.193 e. The quantitative estimate of drug-likeness (QED) is 0.382. The molecule has 0 radical (unpaired) electrons. The highest BCUT2D eigenvalue weighted by Crippen LogP contribution is 2.32. The summed E-state index contributed by atoms with van der Waals surface area (Å²) in [4.78, 5) is 4.31.